The summed E-state index contributed by atoms with van der Waals surface area (Å²) >= 11 is 0. The predicted octanol–water partition coefficient (Wildman–Crippen LogP) is 4.17. The zero-order valence-corrected chi connectivity index (χ0v) is 27.3. The number of nitrogens with zero attached hydrogens (tertiary/aromatic N) is 3. The largest absolute Gasteiger partial charge is 0.497 e. The number of nitrogens with one attached hydrogen (secondary N) is 1. The Kier molecular flexibility index (Phi) is 9.98. The molecular formula is C31H36FN4O8S2+. The molecule has 0 radical (unpaired) electrons. The third-order valence-corrected chi connectivity index (χ3v) is 9.46. The van der Waals surface area contributed by atoms with Crippen LogP contribution < -0.4 is 24.4 Å². The van der Waals surface area contributed by atoms with Crippen LogP contribution in [0.4, 0.5) is 10.1 Å². The van der Waals surface area contributed by atoms with Gasteiger partial charge >= 0.3 is 5.82 Å². The van der Waals surface area contributed by atoms with E-state index in [2.05, 4.69) is 5.48 Å². The molecule has 0 spiro atoms. The van der Waals surface area contributed by atoms with Crippen molar-refractivity contribution in [3.05, 3.63) is 78.4 Å². The van der Waals surface area contributed by atoms with Crippen LogP contribution >= 0.6 is 0 Å². The number of hydrogen-bond donors (Lipinski definition) is 2. The molecule has 0 amide bonds. The molecule has 1 aliphatic heterocycles. The second-order valence-corrected chi connectivity index (χ2v) is 13.9. The lowest BCUT2D eigenvalue weighted by Gasteiger charge is -2.18. The fourth-order valence-corrected chi connectivity index (χ4v) is 6.76. The van der Waals surface area contributed by atoms with Crippen molar-refractivity contribution in [2.45, 2.75) is 26.3 Å². The molecule has 0 saturated carbocycles. The smallest absolute Gasteiger partial charge is 0.324 e. The van der Waals surface area contributed by atoms with Gasteiger partial charge in [-0.1, -0.05) is 37.3 Å². The Balaban J connectivity index is 1.63. The second kappa shape index (κ2) is 13.8. The van der Waals surface area contributed by atoms with E-state index in [0.717, 1.165) is 11.1 Å². The number of hydroxylamine groups is 1. The number of halogens is 1. The summed E-state index contributed by atoms with van der Waals surface area (Å²) in [6.07, 6.45) is 0.0911. The van der Waals surface area contributed by atoms with E-state index in [0.29, 0.717) is 34.8 Å². The fourth-order valence-electron chi connectivity index (χ4n) is 5.40. The summed E-state index contributed by atoms with van der Waals surface area (Å²) in [6.45, 7) is 2.13. The monoisotopic (exact) mass is 675 g/mol. The van der Waals surface area contributed by atoms with Gasteiger partial charge in [-0.3, -0.25) is 4.55 Å². The first-order valence-electron chi connectivity index (χ1n) is 14.6. The highest BCUT2D eigenvalue weighted by atomic mass is 32.2. The fraction of sp³-hybridized carbons (Fsp3) is 0.323. The van der Waals surface area contributed by atoms with E-state index in [1.165, 1.54) is 12.0 Å². The number of ether oxygens (including phenoxy) is 2. The number of aromatic nitrogens is 2. The highest BCUT2D eigenvalue weighted by molar-refractivity contribution is 7.86. The summed E-state index contributed by atoms with van der Waals surface area (Å²) in [6, 6.07) is 20.4. The van der Waals surface area contributed by atoms with Crippen molar-refractivity contribution >= 4 is 42.8 Å². The summed E-state index contributed by atoms with van der Waals surface area (Å²) < 4.78 is 93.7. The lowest BCUT2D eigenvalue weighted by atomic mass is 10.1. The van der Waals surface area contributed by atoms with Crippen LogP contribution in [0.2, 0.25) is 0 Å². The Morgan fingerprint density at radius 3 is 2.41 bits per heavy atom. The highest BCUT2D eigenvalue weighted by Crippen LogP contribution is 2.44. The standard InChI is InChI=1S/C31H35FN4O8S2/c1-4-33-44-46(40,41)19-9-16-35-26-20-23(22-10-6-5-7-11-22)12-14-25(26)34(2)30(35)29(32)31-36(17-8-18-45(37,38)39)27-21-24(42-3)13-15-28(27)43-31/h5-7,10-15,20-21,33H,4,8-9,16-19H2,1-3H3/p+1. The van der Waals surface area contributed by atoms with Gasteiger partial charge in [0.25, 0.3) is 26.1 Å². The topological polar surface area (TPSA) is 140 Å². The number of fused-ring (bicyclic) bond motifs is 2. The van der Waals surface area contributed by atoms with Crippen LogP contribution in [0, 0.1) is 0 Å². The van der Waals surface area contributed by atoms with Crippen molar-refractivity contribution in [3.8, 4) is 22.6 Å². The van der Waals surface area contributed by atoms with E-state index < -0.39 is 31.8 Å². The van der Waals surface area contributed by atoms with Crippen LogP contribution in [0.5, 0.6) is 11.5 Å². The first kappa shape index (κ1) is 33.3. The van der Waals surface area contributed by atoms with E-state index in [-0.39, 0.29) is 43.4 Å². The Morgan fingerprint density at radius 1 is 0.978 bits per heavy atom. The third-order valence-electron chi connectivity index (χ3n) is 7.49. The van der Waals surface area contributed by atoms with Gasteiger partial charge in [-0.2, -0.15) is 31.0 Å². The normalized spacial score (nSPS) is 14.4. The predicted molar refractivity (Wildman–Crippen MR) is 172 cm³/mol. The lowest BCUT2D eigenvalue weighted by molar-refractivity contribution is -0.648. The van der Waals surface area contributed by atoms with Crippen LogP contribution in [0.3, 0.4) is 0 Å². The average Bonchev–Trinajstić information content (AvgIpc) is 3.53. The van der Waals surface area contributed by atoms with Crippen molar-refractivity contribution in [2.24, 2.45) is 7.05 Å². The SMILES string of the molecule is CCNOS(=O)(=O)CCCn1c(C(F)=C2Oc3ccc(OC)cc3N2CCCS(=O)(=O)O)[n+](C)c2ccc(-c3ccccc3)cc21. The summed E-state index contributed by atoms with van der Waals surface area (Å²) in [4.78, 5) is 1.50. The molecule has 0 saturated heterocycles. The van der Waals surface area contributed by atoms with Crippen molar-refractivity contribution in [3.63, 3.8) is 0 Å². The number of imidazole rings is 1. The van der Waals surface area contributed by atoms with Gasteiger partial charge in [-0.05, 0) is 47.9 Å². The summed E-state index contributed by atoms with van der Waals surface area (Å²) in [7, 11) is -4.95. The molecule has 2 heterocycles. The molecule has 1 aliphatic rings. The molecule has 15 heteroatoms. The van der Waals surface area contributed by atoms with E-state index in [4.69, 9.17) is 13.8 Å². The molecule has 0 unspecified atom stereocenters. The zero-order chi connectivity index (χ0) is 33.1. The van der Waals surface area contributed by atoms with Crippen molar-refractivity contribution in [1.82, 2.24) is 10.0 Å². The maximum atomic E-state index is 17.0. The molecular weight excluding hydrogens is 639 g/mol. The molecule has 0 atom stereocenters. The summed E-state index contributed by atoms with van der Waals surface area (Å²) in [5, 5.41) is 0. The highest BCUT2D eigenvalue weighted by Gasteiger charge is 2.37. The van der Waals surface area contributed by atoms with Crippen LogP contribution in [-0.4, -0.2) is 57.7 Å². The van der Waals surface area contributed by atoms with E-state index in [1.54, 1.807) is 41.3 Å². The van der Waals surface area contributed by atoms with Crippen molar-refractivity contribution < 1.29 is 44.1 Å². The molecule has 246 valence electrons. The van der Waals surface area contributed by atoms with Gasteiger partial charge < -0.3 is 14.4 Å². The summed E-state index contributed by atoms with van der Waals surface area (Å²) in [5.74, 6) is -0.850. The molecule has 3 aromatic carbocycles. The van der Waals surface area contributed by atoms with Gasteiger partial charge in [0.2, 0.25) is 5.88 Å². The molecule has 0 aliphatic carbocycles. The van der Waals surface area contributed by atoms with Gasteiger partial charge in [0, 0.05) is 25.6 Å². The second-order valence-electron chi connectivity index (χ2n) is 10.6. The van der Waals surface area contributed by atoms with Crippen molar-refractivity contribution in [1.29, 1.82) is 0 Å². The molecule has 0 fully saturated rings. The van der Waals surface area contributed by atoms with Crippen LogP contribution in [-0.2, 0) is 38.1 Å². The molecule has 12 nitrogen and oxygen atoms in total. The quantitative estimate of drug-likeness (QED) is 0.114. The van der Waals surface area contributed by atoms with E-state index >= 15 is 4.39 Å². The van der Waals surface area contributed by atoms with Crippen LogP contribution in [0.15, 0.2) is 72.6 Å². The first-order valence-corrected chi connectivity index (χ1v) is 17.8. The van der Waals surface area contributed by atoms with Crippen LogP contribution in [0.1, 0.15) is 25.6 Å². The van der Waals surface area contributed by atoms with Gasteiger partial charge in [0.05, 0.1) is 37.9 Å². The first-order chi connectivity index (χ1) is 21.9. The van der Waals surface area contributed by atoms with Gasteiger partial charge in [-0.25, -0.2) is 9.13 Å². The van der Waals surface area contributed by atoms with Gasteiger partial charge in [0.1, 0.15) is 5.75 Å². The molecule has 1 aromatic heterocycles. The van der Waals surface area contributed by atoms with Crippen LogP contribution in [0.25, 0.3) is 28.0 Å². The number of benzene rings is 3. The third kappa shape index (κ3) is 7.34. The zero-order valence-electron chi connectivity index (χ0n) is 25.6. The van der Waals surface area contributed by atoms with Crippen molar-refractivity contribution in [2.75, 3.05) is 36.6 Å². The molecule has 46 heavy (non-hydrogen) atoms. The number of hydrogen-bond acceptors (Lipinski definition) is 9. The minimum Gasteiger partial charge on any atom is -0.497 e. The average molecular weight is 676 g/mol. The number of rotatable bonds is 14. The Morgan fingerprint density at radius 2 is 1.72 bits per heavy atom. The molecule has 5 rings (SSSR count). The Bertz CT molecular complexity index is 1980. The van der Waals surface area contributed by atoms with E-state index in [1.807, 2.05) is 48.5 Å². The molecule has 4 aromatic rings. The van der Waals surface area contributed by atoms with Gasteiger partial charge in [0.15, 0.2) is 16.8 Å². The lowest BCUT2D eigenvalue weighted by Crippen LogP contribution is -2.34. The summed E-state index contributed by atoms with van der Waals surface area (Å²) in [5.41, 5.74) is 6.01. The minimum absolute atomic E-state index is 0.00478. The maximum absolute atomic E-state index is 17.0. The van der Waals surface area contributed by atoms with E-state index in [9.17, 15) is 21.4 Å². The number of methoxy groups -OCH3 is 1. The molecule has 2 N–H and O–H groups in total. The maximum Gasteiger partial charge on any atom is 0.324 e. The van der Waals surface area contributed by atoms with Gasteiger partial charge in [-0.15, -0.1) is 0 Å². The number of anilines is 1. The minimum atomic E-state index is -4.26. The number of aryl methyl sites for hydroxylation is 2. The Hall–Kier alpha value is -4.02. The molecule has 0 bridgehead atoms. The Labute approximate surface area is 267 Å².